The highest BCUT2D eigenvalue weighted by atomic mass is 16.3. The first-order valence-corrected chi connectivity index (χ1v) is 9.79. The van der Waals surface area contributed by atoms with E-state index in [0.29, 0.717) is 5.56 Å². The van der Waals surface area contributed by atoms with E-state index in [1.807, 2.05) is 42.5 Å². The molecule has 1 amide bonds. The van der Waals surface area contributed by atoms with Crippen molar-refractivity contribution in [3.8, 4) is 0 Å². The average molecular weight is 393 g/mol. The lowest BCUT2D eigenvalue weighted by atomic mass is 10.1. The van der Waals surface area contributed by atoms with Gasteiger partial charge in [-0.2, -0.15) is 0 Å². The van der Waals surface area contributed by atoms with Crippen LogP contribution in [0.2, 0.25) is 0 Å². The summed E-state index contributed by atoms with van der Waals surface area (Å²) in [5.41, 5.74) is 2.74. The van der Waals surface area contributed by atoms with Gasteiger partial charge >= 0.3 is 0 Å². The van der Waals surface area contributed by atoms with Gasteiger partial charge in [0.2, 0.25) is 0 Å². The van der Waals surface area contributed by atoms with Crippen LogP contribution in [0.4, 0.5) is 0 Å². The Labute approximate surface area is 171 Å². The highest BCUT2D eigenvalue weighted by molar-refractivity contribution is 5.94. The second-order valence-corrected chi connectivity index (χ2v) is 7.08. The topological polar surface area (TPSA) is 69.9 Å². The van der Waals surface area contributed by atoms with Crippen molar-refractivity contribution in [1.82, 2.24) is 15.5 Å². The highest BCUT2D eigenvalue weighted by Gasteiger charge is 2.08. The van der Waals surface area contributed by atoms with Crippen molar-refractivity contribution in [3.63, 3.8) is 0 Å². The molecule has 2 N–H and O–H groups in total. The molecule has 0 spiro atoms. The summed E-state index contributed by atoms with van der Waals surface area (Å²) in [6, 6.07) is 17.8. The smallest absolute Gasteiger partial charge is 0.253 e. The molecule has 0 aliphatic carbocycles. The Balaban J connectivity index is 1.44. The van der Waals surface area contributed by atoms with Gasteiger partial charge in [-0.1, -0.05) is 30.3 Å². The zero-order chi connectivity index (χ0) is 20.6. The highest BCUT2D eigenvalue weighted by Crippen LogP contribution is 2.18. The van der Waals surface area contributed by atoms with Gasteiger partial charge in [0.05, 0.1) is 0 Å². The number of benzene rings is 2. The Morgan fingerprint density at radius 1 is 1.00 bits per heavy atom. The van der Waals surface area contributed by atoms with Gasteiger partial charge in [-0.3, -0.25) is 9.79 Å². The summed E-state index contributed by atoms with van der Waals surface area (Å²) in [6.45, 7) is 1.45. The van der Waals surface area contributed by atoms with Crippen molar-refractivity contribution in [1.29, 1.82) is 0 Å². The van der Waals surface area contributed by atoms with Crippen LogP contribution in [0.1, 0.15) is 21.7 Å². The van der Waals surface area contributed by atoms with Crippen LogP contribution in [0.3, 0.4) is 0 Å². The lowest BCUT2D eigenvalue weighted by Crippen LogP contribution is -2.39. The molecule has 0 unspecified atom stereocenters. The van der Waals surface area contributed by atoms with E-state index in [0.717, 1.165) is 54.2 Å². The van der Waals surface area contributed by atoms with Gasteiger partial charge in [0, 0.05) is 51.6 Å². The quantitative estimate of drug-likeness (QED) is 0.479. The number of carbonyl (C=O) groups excluding carboxylic acids is 1. The van der Waals surface area contributed by atoms with Crippen molar-refractivity contribution < 1.29 is 9.21 Å². The summed E-state index contributed by atoms with van der Waals surface area (Å²) >= 11 is 0. The normalized spacial score (nSPS) is 11.5. The van der Waals surface area contributed by atoms with Crippen LogP contribution < -0.4 is 10.6 Å². The number of carbonyl (C=O) groups is 1. The number of furan rings is 1. The number of amides is 1. The third-order valence-electron chi connectivity index (χ3n) is 4.65. The van der Waals surface area contributed by atoms with Gasteiger partial charge in [-0.05, 0) is 36.2 Å². The van der Waals surface area contributed by atoms with Gasteiger partial charge in [0.25, 0.3) is 5.91 Å². The molecule has 2 aromatic carbocycles. The molecule has 0 aliphatic heterocycles. The Bertz CT molecular complexity index is 958. The number of fused-ring (bicyclic) bond motifs is 1. The van der Waals surface area contributed by atoms with Crippen LogP contribution in [-0.4, -0.2) is 51.0 Å². The summed E-state index contributed by atoms with van der Waals surface area (Å²) in [5, 5.41) is 7.75. The number of hydrogen-bond acceptors (Lipinski definition) is 3. The Kier molecular flexibility index (Phi) is 6.89. The predicted molar refractivity (Wildman–Crippen MR) is 117 cm³/mol. The molecule has 3 aromatic rings. The van der Waals surface area contributed by atoms with Crippen molar-refractivity contribution in [2.45, 2.75) is 12.8 Å². The Morgan fingerprint density at radius 3 is 2.48 bits per heavy atom. The molecular formula is C23H28N4O2. The van der Waals surface area contributed by atoms with Crippen molar-refractivity contribution in [2.75, 3.05) is 34.2 Å². The van der Waals surface area contributed by atoms with Gasteiger partial charge < -0.3 is 20.0 Å². The number of para-hydroxylation sites is 1. The molecule has 6 nitrogen and oxygen atoms in total. The first kappa shape index (κ1) is 20.5. The summed E-state index contributed by atoms with van der Waals surface area (Å²) in [4.78, 5) is 17.9. The molecule has 0 saturated carbocycles. The molecule has 3 rings (SSSR count). The van der Waals surface area contributed by atoms with Gasteiger partial charge in [0.15, 0.2) is 5.96 Å². The van der Waals surface area contributed by atoms with Gasteiger partial charge in [-0.25, -0.2) is 0 Å². The molecule has 1 aromatic heterocycles. The van der Waals surface area contributed by atoms with E-state index in [-0.39, 0.29) is 5.91 Å². The Hall–Kier alpha value is -3.28. The largest absolute Gasteiger partial charge is 0.461 e. The molecule has 0 saturated heterocycles. The van der Waals surface area contributed by atoms with E-state index in [2.05, 4.69) is 27.8 Å². The third-order valence-corrected chi connectivity index (χ3v) is 4.65. The number of nitrogens with zero attached hydrogens (tertiary/aromatic N) is 2. The summed E-state index contributed by atoms with van der Waals surface area (Å²) in [7, 11) is 5.28. The molecule has 152 valence electrons. The fraction of sp³-hybridized carbons (Fsp3) is 0.304. The van der Waals surface area contributed by atoms with E-state index in [1.54, 1.807) is 26.0 Å². The van der Waals surface area contributed by atoms with Crippen LogP contribution in [-0.2, 0) is 12.8 Å². The monoisotopic (exact) mass is 392 g/mol. The minimum absolute atomic E-state index is 0.0165. The standard InChI is InChI=1S/C23H28N4O2/c1-24-23(26-14-12-20-16-18-8-4-5-10-21(18)29-20)25-13-11-17-7-6-9-19(15-17)22(28)27(2)3/h4-10,15-16H,11-14H2,1-3H3,(H2,24,25,26). The van der Waals surface area contributed by atoms with Crippen molar-refractivity contribution in [2.24, 2.45) is 4.99 Å². The van der Waals surface area contributed by atoms with E-state index in [1.165, 1.54) is 0 Å². The van der Waals surface area contributed by atoms with Crippen LogP contribution >= 0.6 is 0 Å². The fourth-order valence-corrected chi connectivity index (χ4v) is 3.13. The van der Waals surface area contributed by atoms with Gasteiger partial charge in [-0.15, -0.1) is 0 Å². The minimum Gasteiger partial charge on any atom is -0.461 e. The van der Waals surface area contributed by atoms with Crippen LogP contribution in [0.15, 0.2) is 64.0 Å². The second-order valence-electron chi connectivity index (χ2n) is 7.08. The molecule has 0 aliphatic rings. The van der Waals surface area contributed by atoms with E-state index in [9.17, 15) is 4.79 Å². The number of rotatable bonds is 7. The first-order chi connectivity index (χ1) is 14.1. The maximum Gasteiger partial charge on any atom is 0.253 e. The van der Waals surface area contributed by atoms with E-state index in [4.69, 9.17) is 4.42 Å². The fourth-order valence-electron chi connectivity index (χ4n) is 3.13. The van der Waals surface area contributed by atoms with Crippen LogP contribution in [0.25, 0.3) is 11.0 Å². The van der Waals surface area contributed by atoms with Crippen LogP contribution in [0, 0.1) is 0 Å². The molecule has 29 heavy (non-hydrogen) atoms. The third kappa shape index (κ3) is 5.60. The SMILES string of the molecule is CN=C(NCCc1cccc(C(=O)N(C)C)c1)NCCc1cc2ccccc2o1. The summed E-state index contributed by atoms with van der Waals surface area (Å²) in [6.07, 6.45) is 1.59. The maximum absolute atomic E-state index is 12.1. The Morgan fingerprint density at radius 2 is 1.76 bits per heavy atom. The molecular weight excluding hydrogens is 364 g/mol. The van der Waals surface area contributed by atoms with Crippen LogP contribution in [0.5, 0.6) is 0 Å². The van der Waals surface area contributed by atoms with E-state index >= 15 is 0 Å². The number of aliphatic imine (C=N–C) groups is 1. The lowest BCUT2D eigenvalue weighted by Gasteiger charge is -2.13. The molecule has 0 atom stereocenters. The number of nitrogens with one attached hydrogen (secondary N) is 2. The summed E-state index contributed by atoms with van der Waals surface area (Å²) < 4.78 is 5.84. The van der Waals surface area contributed by atoms with Crippen molar-refractivity contribution >= 4 is 22.8 Å². The second kappa shape index (κ2) is 9.78. The molecule has 0 bridgehead atoms. The van der Waals surface area contributed by atoms with Gasteiger partial charge in [0.1, 0.15) is 11.3 Å². The maximum atomic E-state index is 12.1. The predicted octanol–water partition coefficient (Wildman–Crippen LogP) is 3.08. The number of guanidine groups is 1. The summed E-state index contributed by atoms with van der Waals surface area (Å²) in [5.74, 6) is 1.72. The molecule has 6 heteroatoms. The zero-order valence-electron chi connectivity index (χ0n) is 17.2. The average Bonchev–Trinajstić information content (AvgIpc) is 3.15. The lowest BCUT2D eigenvalue weighted by molar-refractivity contribution is 0.0827. The number of hydrogen-bond donors (Lipinski definition) is 2. The van der Waals surface area contributed by atoms with Crippen molar-refractivity contribution in [3.05, 3.63) is 71.5 Å². The first-order valence-electron chi connectivity index (χ1n) is 9.79. The zero-order valence-corrected chi connectivity index (χ0v) is 17.2. The van der Waals surface area contributed by atoms with E-state index < -0.39 is 0 Å². The molecule has 0 fully saturated rings. The minimum atomic E-state index is 0.0165. The molecule has 0 radical (unpaired) electrons. The molecule has 1 heterocycles.